The van der Waals surface area contributed by atoms with Crippen molar-refractivity contribution in [2.75, 3.05) is 5.32 Å². The van der Waals surface area contributed by atoms with E-state index in [1.165, 1.54) is 6.07 Å². The van der Waals surface area contributed by atoms with Gasteiger partial charge in [0.2, 0.25) is 11.6 Å². The van der Waals surface area contributed by atoms with E-state index in [4.69, 9.17) is 0 Å². The molecule has 2 aliphatic carbocycles. The number of hydrogen-bond acceptors (Lipinski definition) is 6. The van der Waals surface area contributed by atoms with Gasteiger partial charge in [0.1, 0.15) is 7.05 Å². The zero-order valence-electron chi connectivity index (χ0n) is 24.0. The van der Waals surface area contributed by atoms with Crippen LogP contribution in [0.5, 0.6) is 0 Å². The van der Waals surface area contributed by atoms with Crippen molar-refractivity contribution in [2.45, 2.75) is 0 Å². The van der Waals surface area contributed by atoms with Crippen LogP contribution in [0, 0.1) is 0 Å². The molecule has 2 heterocycles. The first-order valence-corrected chi connectivity index (χ1v) is 13.6. The van der Waals surface area contributed by atoms with E-state index < -0.39 is 11.8 Å². The van der Waals surface area contributed by atoms with Gasteiger partial charge in [0.05, 0.1) is 22.3 Å². The van der Waals surface area contributed by atoms with Crippen molar-refractivity contribution in [1.29, 1.82) is 0 Å². The Hall–Kier alpha value is -6.16. The number of aliphatic hydroxyl groups excluding tert-OH is 2. The summed E-state index contributed by atoms with van der Waals surface area (Å²) in [5.41, 5.74) is 3.21. The number of aliphatic hydroxyl groups is 2. The molecule has 4 N–H and O–H groups in total. The molecule has 0 spiro atoms. The lowest BCUT2D eigenvalue weighted by Crippen LogP contribution is -2.76. The first-order chi connectivity index (χ1) is 21.2. The van der Waals surface area contributed by atoms with Crippen LogP contribution in [-0.2, 0) is 14.1 Å². The largest absolute Gasteiger partial charge is 0.494 e. The fraction of sp³-hybridized carbons (Fsp3) is 0.0588. The SMILES string of the molecule is Cn1ccc(=NC(O)=C2C=CC(=NC(=O)c3cccc(C(=O)[NH+]=C4C=CC(=C(O)Nc5cc[n+](C)cc5)C=C4)c3)C=C2)cc1. The van der Waals surface area contributed by atoms with Gasteiger partial charge in [0.25, 0.3) is 5.91 Å². The number of amides is 2. The van der Waals surface area contributed by atoms with Gasteiger partial charge in [-0.25, -0.2) is 19.3 Å². The number of nitrogens with one attached hydrogen (secondary N) is 2. The van der Waals surface area contributed by atoms with Gasteiger partial charge < -0.3 is 20.1 Å². The molecule has 5 rings (SSSR count). The van der Waals surface area contributed by atoms with E-state index in [1.807, 2.05) is 60.1 Å². The summed E-state index contributed by atoms with van der Waals surface area (Å²) in [6.07, 6.45) is 20.5. The first-order valence-electron chi connectivity index (χ1n) is 13.6. The number of aromatic nitrogens is 2. The number of carbonyl (C=O) groups is 2. The summed E-state index contributed by atoms with van der Waals surface area (Å²) in [7, 11) is 3.79. The van der Waals surface area contributed by atoms with Gasteiger partial charge in [-0.05, 0) is 66.8 Å². The summed E-state index contributed by atoms with van der Waals surface area (Å²) < 4.78 is 3.75. The molecule has 0 saturated carbocycles. The molecule has 0 radical (unpaired) electrons. The van der Waals surface area contributed by atoms with Gasteiger partial charge in [-0.1, -0.05) is 6.07 Å². The maximum Gasteiger partial charge on any atom is 0.418 e. The Morgan fingerprint density at radius 3 is 2.14 bits per heavy atom. The molecule has 2 aromatic heterocycles. The van der Waals surface area contributed by atoms with E-state index in [-0.39, 0.29) is 22.9 Å². The Bertz CT molecular complexity index is 1890. The highest BCUT2D eigenvalue weighted by molar-refractivity contribution is 6.14. The van der Waals surface area contributed by atoms with Crippen LogP contribution in [0.2, 0.25) is 0 Å². The van der Waals surface area contributed by atoms with E-state index in [9.17, 15) is 19.8 Å². The molecule has 2 amide bonds. The Morgan fingerprint density at radius 2 is 1.45 bits per heavy atom. The molecule has 1 aromatic carbocycles. The Balaban J connectivity index is 1.24. The summed E-state index contributed by atoms with van der Waals surface area (Å²) in [6, 6.07) is 13.5. The van der Waals surface area contributed by atoms with E-state index >= 15 is 0 Å². The fourth-order valence-electron chi connectivity index (χ4n) is 4.12. The predicted molar refractivity (Wildman–Crippen MR) is 167 cm³/mol. The van der Waals surface area contributed by atoms with Crippen LogP contribution >= 0.6 is 0 Å². The van der Waals surface area contributed by atoms with Crippen molar-refractivity contribution in [1.82, 2.24) is 4.57 Å². The van der Waals surface area contributed by atoms with Crippen LogP contribution in [0.15, 0.2) is 155 Å². The number of carbonyl (C=O) groups excluding carboxylic acids is 2. The Labute approximate surface area is 253 Å². The summed E-state index contributed by atoms with van der Waals surface area (Å²) in [6.45, 7) is 0. The lowest BCUT2D eigenvalue weighted by Gasteiger charge is -2.08. The van der Waals surface area contributed by atoms with Gasteiger partial charge in [-0.2, -0.15) is 4.99 Å². The number of benzene rings is 1. The molecule has 0 fully saturated rings. The molecular weight excluding hydrogens is 556 g/mol. The van der Waals surface area contributed by atoms with E-state index in [1.54, 1.807) is 78.9 Å². The zero-order chi connectivity index (χ0) is 31.1. The lowest BCUT2D eigenvalue weighted by molar-refractivity contribution is -0.671. The smallest absolute Gasteiger partial charge is 0.418 e. The normalized spacial score (nSPS) is 13.5. The lowest BCUT2D eigenvalue weighted by atomic mass is 10.1. The second-order valence-corrected chi connectivity index (χ2v) is 9.96. The third-order valence-corrected chi connectivity index (χ3v) is 6.58. The van der Waals surface area contributed by atoms with Gasteiger partial charge in [-0.3, -0.25) is 4.79 Å². The molecule has 0 unspecified atom stereocenters. The molecule has 0 aliphatic heterocycles. The number of aryl methyl sites for hydroxylation is 2. The van der Waals surface area contributed by atoms with Crippen molar-refractivity contribution in [2.24, 2.45) is 24.1 Å². The molecule has 10 nitrogen and oxygen atoms in total. The fourth-order valence-corrected chi connectivity index (χ4v) is 4.12. The van der Waals surface area contributed by atoms with E-state index in [0.29, 0.717) is 27.9 Å². The van der Waals surface area contributed by atoms with Crippen molar-refractivity contribution in [3.8, 4) is 0 Å². The van der Waals surface area contributed by atoms with Gasteiger partial charge in [-0.15, -0.1) is 0 Å². The van der Waals surface area contributed by atoms with Crippen LogP contribution in [0.3, 0.4) is 0 Å². The van der Waals surface area contributed by atoms with Crippen molar-refractivity contribution in [3.05, 3.63) is 161 Å². The zero-order valence-corrected chi connectivity index (χ0v) is 24.0. The number of hydrogen-bond donors (Lipinski definition) is 4. The minimum Gasteiger partial charge on any atom is -0.494 e. The maximum atomic E-state index is 12.9. The van der Waals surface area contributed by atoms with E-state index in [2.05, 4.69) is 20.3 Å². The minimum absolute atomic E-state index is 0.0206. The highest BCUT2D eigenvalue weighted by Gasteiger charge is 2.17. The molecule has 2 aliphatic rings. The Morgan fingerprint density at radius 1 is 0.818 bits per heavy atom. The second kappa shape index (κ2) is 13.2. The molecular formula is C34H30N6O4+2. The van der Waals surface area contributed by atoms with E-state index in [0.717, 1.165) is 5.69 Å². The first kappa shape index (κ1) is 29.3. The molecule has 0 atom stereocenters. The summed E-state index contributed by atoms with van der Waals surface area (Å²) in [5.74, 6) is -1.09. The number of anilines is 1. The van der Waals surface area contributed by atoms with Gasteiger partial charge in [0.15, 0.2) is 18.3 Å². The average molecular weight is 587 g/mol. The standard InChI is InChI=1S/C34H28N6O4/c1-39-18-14-29(15-19-39)37-31(41)23-6-10-27(11-7-23)35-33(43)25-4-3-5-26(22-25)34(44)36-28-12-8-24(9-13-28)32(42)38-30-16-20-40(2)21-17-30/h3-22H,1-2H3,(H2,35,36,41,42,43,44)/p+2. The number of aliphatic imine (C=N–C) groups is 1. The molecule has 0 saturated heterocycles. The summed E-state index contributed by atoms with van der Waals surface area (Å²) in [4.78, 5) is 36.9. The topological polar surface area (TPSA) is 134 Å². The predicted octanol–water partition coefficient (Wildman–Crippen LogP) is 2.60. The van der Waals surface area contributed by atoms with Crippen LogP contribution in [0.4, 0.5) is 5.69 Å². The monoisotopic (exact) mass is 586 g/mol. The van der Waals surface area contributed by atoms with Gasteiger partial charge >= 0.3 is 5.91 Å². The minimum atomic E-state index is -0.516. The van der Waals surface area contributed by atoms with Crippen LogP contribution < -0.4 is 20.2 Å². The highest BCUT2D eigenvalue weighted by Crippen LogP contribution is 2.15. The number of rotatable bonds is 5. The quantitative estimate of drug-likeness (QED) is 0.269. The Kier molecular flexibility index (Phi) is 8.81. The summed E-state index contributed by atoms with van der Waals surface area (Å²) in [5, 5.41) is 24.4. The third kappa shape index (κ3) is 7.56. The summed E-state index contributed by atoms with van der Waals surface area (Å²) >= 11 is 0. The molecule has 0 bridgehead atoms. The van der Waals surface area contributed by atoms with Gasteiger partial charge in [0, 0.05) is 60.4 Å². The second-order valence-electron chi connectivity index (χ2n) is 9.96. The number of pyridine rings is 2. The van der Waals surface area contributed by atoms with Crippen molar-refractivity contribution < 1.29 is 29.4 Å². The molecule has 10 heteroatoms. The van der Waals surface area contributed by atoms with Crippen molar-refractivity contribution >= 4 is 28.9 Å². The average Bonchev–Trinajstić information content (AvgIpc) is 3.04. The number of allylic oxidation sites excluding steroid dienone is 10. The van der Waals surface area contributed by atoms with Crippen LogP contribution in [-0.4, -0.2) is 38.0 Å². The maximum absolute atomic E-state index is 12.9. The van der Waals surface area contributed by atoms with Crippen molar-refractivity contribution in [3.63, 3.8) is 0 Å². The molecule has 218 valence electrons. The van der Waals surface area contributed by atoms with Crippen LogP contribution in [0.1, 0.15) is 20.7 Å². The molecule has 3 aromatic rings. The van der Waals surface area contributed by atoms with Crippen LogP contribution in [0.25, 0.3) is 0 Å². The highest BCUT2D eigenvalue weighted by atomic mass is 16.3. The number of nitrogens with zero attached hydrogens (tertiary/aromatic N) is 4. The third-order valence-electron chi connectivity index (χ3n) is 6.58. The molecule has 44 heavy (non-hydrogen) atoms.